The van der Waals surface area contributed by atoms with Crippen molar-refractivity contribution in [2.45, 2.75) is 57.2 Å². The number of fused-ring (bicyclic) bond motifs is 2. The third-order valence-electron chi connectivity index (χ3n) is 3.60. The van der Waals surface area contributed by atoms with Crippen molar-refractivity contribution in [1.29, 1.82) is 0 Å². The molecule has 2 heterocycles. The number of hydrogen-bond donors (Lipinski definition) is 0. The number of esters is 1. The fourth-order valence-corrected chi connectivity index (χ4v) is 2.88. The van der Waals surface area contributed by atoms with Crippen LogP contribution in [0.25, 0.3) is 0 Å². The number of nitrogens with zero attached hydrogens (tertiary/aromatic N) is 1. The summed E-state index contributed by atoms with van der Waals surface area (Å²) in [7, 11) is 1.26. The number of methoxy groups -OCH3 is 1. The quantitative estimate of drug-likeness (QED) is 0.670. The van der Waals surface area contributed by atoms with Gasteiger partial charge in [0, 0.05) is 6.42 Å². The van der Waals surface area contributed by atoms with Gasteiger partial charge in [0.15, 0.2) is 11.3 Å². The number of carbonyl (C=O) groups excluding carboxylic acids is 3. The molecule has 2 saturated heterocycles. The lowest BCUT2D eigenvalue weighted by Crippen LogP contribution is -2.52. The first-order valence-corrected chi connectivity index (χ1v) is 6.35. The van der Waals surface area contributed by atoms with E-state index in [1.165, 1.54) is 12.0 Å². The van der Waals surface area contributed by atoms with Gasteiger partial charge in [-0.05, 0) is 33.6 Å². The van der Waals surface area contributed by atoms with Crippen molar-refractivity contribution in [2.75, 3.05) is 7.11 Å². The third kappa shape index (κ3) is 2.09. The smallest absolute Gasteiger partial charge is 0.411 e. The molecule has 0 radical (unpaired) electrons. The van der Waals surface area contributed by atoms with E-state index in [0.717, 1.165) is 0 Å². The van der Waals surface area contributed by atoms with Crippen LogP contribution in [-0.2, 0) is 19.1 Å². The second-order valence-corrected chi connectivity index (χ2v) is 6.07. The first kappa shape index (κ1) is 13.8. The topological polar surface area (TPSA) is 72.9 Å². The largest absolute Gasteiger partial charge is 0.467 e. The summed E-state index contributed by atoms with van der Waals surface area (Å²) >= 11 is 0. The van der Waals surface area contributed by atoms with Crippen LogP contribution in [0.5, 0.6) is 0 Å². The van der Waals surface area contributed by atoms with E-state index in [4.69, 9.17) is 9.47 Å². The normalized spacial score (nSPS) is 29.6. The summed E-state index contributed by atoms with van der Waals surface area (Å²) in [4.78, 5) is 37.4. The number of carbonyl (C=O) groups is 3. The van der Waals surface area contributed by atoms with E-state index in [1.807, 2.05) is 0 Å². The average molecular weight is 269 g/mol. The Labute approximate surface area is 112 Å². The SMILES string of the molecule is COC(=O)[C@@]12CC[C@@H](C(=O)C1)N2C(=O)OC(C)(C)C. The van der Waals surface area contributed by atoms with Crippen LogP contribution in [0, 0.1) is 0 Å². The second-order valence-electron chi connectivity index (χ2n) is 6.07. The van der Waals surface area contributed by atoms with Crippen LogP contribution >= 0.6 is 0 Å². The summed E-state index contributed by atoms with van der Waals surface area (Å²) in [5.74, 6) is -0.630. The van der Waals surface area contributed by atoms with Crippen molar-refractivity contribution in [2.24, 2.45) is 0 Å². The third-order valence-corrected chi connectivity index (χ3v) is 3.60. The highest BCUT2D eigenvalue weighted by Crippen LogP contribution is 2.45. The number of rotatable bonds is 1. The molecule has 2 bridgehead atoms. The minimum atomic E-state index is -1.15. The summed E-state index contributed by atoms with van der Waals surface area (Å²) in [5, 5.41) is 0. The molecule has 1 amide bonds. The Morgan fingerprint density at radius 2 is 2.00 bits per heavy atom. The molecule has 0 N–H and O–H groups in total. The fourth-order valence-electron chi connectivity index (χ4n) is 2.88. The lowest BCUT2D eigenvalue weighted by molar-refractivity contribution is -0.152. The van der Waals surface area contributed by atoms with Crippen molar-refractivity contribution < 1.29 is 23.9 Å². The zero-order chi connectivity index (χ0) is 14.4. The highest BCUT2D eigenvalue weighted by atomic mass is 16.6. The van der Waals surface area contributed by atoms with Gasteiger partial charge in [0.1, 0.15) is 5.60 Å². The van der Waals surface area contributed by atoms with Gasteiger partial charge in [0.25, 0.3) is 0 Å². The van der Waals surface area contributed by atoms with Gasteiger partial charge in [-0.15, -0.1) is 0 Å². The lowest BCUT2D eigenvalue weighted by Gasteiger charge is -2.32. The minimum absolute atomic E-state index is 0.0313. The van der Waals surface area contributed by atoms with E-state index in [9.17, 15) is 14.4 Å². The summed E-state index contributed by atoms with van der Waals surface area (Å²) in [6.45, 7) is 5.24. The zero-order valence-corrected chi connectivity index (χ0v) is 11.7. The van der Waals surface area contributed by atoms with E-state index < -0.39 is 29.2 Å². The predicted octanol–water partition coefficient (Wildman–Crippen LogP) is 1.27. The molecule has 6 nitrogen and oxygen atoms in total. The van der Waals surface area contributed by atoms with E-state index in [2.05, 4.69) is 0 Å². The molecule has 2 atom stereocenters. The Balaban J connectivity index is 2.30. The van der Waals surface area contributed by atoms with E-state index in [0.29, 0.717) is 12.8 Å². The van der Waals surface area contributed by atoms with Gasteiger partial charge in [-0.3, -0.25) is 9.69 Å². The minimum Gasteiger partial charge on any atom is -0.467 e. The van der Waals surface area contributed by atoms with Gasteiger partial charge in [0.2, 0.25) is 0 Å². The molecule has 2 rings (SSSR count). The molecule has 0 aromatic heterocycles. The van der Waals surface area contributed by atoms with Crippen LogP contribution < -0.4 is 0 Å². The molecule has 0 aromatic rings. The van der Waals surface area contributed by atoms with Crippen molar-refractivity contribution in [1.82, 2.24) is 4.90 Å². The lowest BCUT2D eigenvalue weighted by atomic mass is 9.87. The van der Waals surface area contributed by atoms with Crippen molar-refractivity contribution in [3.63, 3.8) is 0 Å². The molecule has 0 spiro atoms. The maximum atomic E-state index is 12.2. The Morgan fingerprint density at radius 1 is 1.37 bits per heavy atom. The molecule has 2 fully saturated rings. The van der Waals surface area contributed by atoms with E-state index >= 15 is 0 Å². The van der Waals surface area contributed by atoms with Crippen LogP contribution in [0.4, 0.5) is 4.79 Å². The predicted molar refractivity (Wildman–Crippen MR) is 65.5 cm³/mol. The van der Waals surface area contributed by atoms with Crippen LogP contribution in [-0.4, -0.2) is 47.0 Å². The Hall–Kier alpha value is -1.59. The van der Waals surface area contributed by atoms with Gasteiger partial charge in [-0.2, -0.15) is 0 Å². The van der Waals surface area contributed by atoms with Crippen LogP contribution in [0.15, 0.2) is 0 Å². The molecule has 2 aliphatic rings. The van der Waals surface area contributed by atoms with Crippen LogP contribution in [0.1, 0.15) is 40.0 Å². The number of amides is 1. The summed E-state index contributed by atoms with van der Waals surface area (Å²) < 4.78 is 10.1. The Kier molecular flexibility index (Phi) is 3.07. The van der Waals surface area contributed by atoms with Crippen LogP contribution in [0.2, 0.25) is 0 Å². The molecule has 0 aliphatic carbocycles. The maximum Gasteiger partial charge on any atom is 0.411 e. The standard InChI is InChI=1S/C13H19NO5/c1-12(2,3)19-11(17)14-8-5-6-13(14,7-9(8)15)10(16)18-4/h8H,5-7H2,1-4H3/t8-,13+/m0/s1. The first-order chi connectivity index (χ1) is 8.71. The molecular formula is C13H19NO5. The molecule has 0 aromatic carbocycles. The van der Waals surface area contributed by atoms with E-state index in [-0.39, 0.29) is 12.2 Å². The Morgan fingerprint density at radius 3 is 2.47 bits per heavy atom. The molecular weight excluding hydrogens is 250 g/mol. The molecule has 2 aliphatic heterocycles. The molecule has 6 heteroatoms. The van der Waals surface area contributed by atoms with Gasteiger partial charge in [-0.25, -0.2) is 9.59 Å². The van der Waals surface area contributed by atoms with Gasteiger partial charge >= 0.3 is 12.1 Å². The monoisotopic (exact) mass is 269 g/mol. The highest BCUT2D eigenvalue weighted by molar-refractivity contribution is 6.02. The number of ether oxygens (including phenoxy) is 2. The summed E-state index contributed by atoms with van der Waals surface area (Å²) in [5.41, 5.74) is -1.82. The first-order valence-electron chi connectivity index (χ1n) is 6.35. The Bertz CT molecular complexity index is 439. The van der Waals surface area contributed by atoms with Gasteiger partial charge in [-0.1, -0.05) is 0 Å². The second kappa shape index (κ2) is 4.21. The maximum absolute atomic E-state index is 12.2. The molecule has 19 heavy (non-hydrogen) atoms. The van der Waals surface area contributed by atoms with Gasteiger partial charge in [0.05, 0.1) is 13.2 Å². The van der Waals surface area contributed by atoms with Crippen LogP contribution in [0.3, 0.4) is 0 Å². The highest BCUT2D eigenvalue weighted by Gasteiger charge is 2.64. The van der Waals surface area contributed by atoms with Gasteiger partial charge < -0.3 is 9.47 Å². The molecule has 0 unspecified atom stereocenters. The van der Waals surface area contributed by atoms with Crippen molar-refractivity contribution >= 4 is 17.8 Å². The number of ketones is 1. The van der Waals surface area contributed by atoms with E-state index in [1.54, 1.807) is 20.8 Å². The molecule has 0 saturated carbocycles. The number of hydrogen-bond acceptors (Lipinski definition) is 5. The van der Waals surface area contributed by atoms with Crippen molar-refractivity contribution in [3.8, 4) is 0 Å². The summed E-state index contributed by atoms with van der Waals surface area (Å²) in [6.07, 6.45) is 0.359. The zero-order valence-electron chi connectivity index (χ0n) is 11.7. The fraction of sp³-hybridized carbons (Fsp3) is 0.769. The van der Waals surface area contributed by atoms with Crippen molar-refractivity contribution in [3.05, 3.63) is 0 Å². The number of Topliss-reactive ketones (excluding diaryl/α,β-unsaturated/α-hetero) is 1. The molecule has 106 valence electrons. The average Bonchev–Trinajstić information content (AvgIpc) is 2.78. The summed E-state index contributed by atoms with van der Waals surface area (Å²) in [6, 6.07) is -0.547.